The Bertz CT molecular complexity index is 3960. The van der Waals surface area contributed by atoms with Gasteiger partial charge < -0.3 is 18.0 Å². The first-order valence-electron chi connectivity index (χ1n) is 19.5. The number of nitrogens with zero attached hydrogens (tertiary/aromatic N) is 4. The highest BCUT2D eigenvalue weighted by Crippen LogP contribution is 2.43. The summed E-state index contributed by atoms with van der Waals surface area (Å²) >= 11 is 0. The molecule has 0 aliphatic rings. The van der Waals surface area contributed by atoms with Crippen molar-refractivity contribution < 1.29 is 8.83 Å². The van der Waals surface area contributed by atoms with Gasteiger partial charge in [-0.15, -0.1) is 0 Å². The third kappa shape index (κ3) is 4.49. The standard InChI is InChI=1S/C53H30N4O2/c1-3-4-16-42-30(2)38-24-40-50(58-48-20-18-31-11-5-7-13-35(31)52(40)48)26-46(38)56(42)44-22-34(29-55)45(23-33(44)28-54)57-43-17-10-9-15-37(43)39-25-41-51(27-47(39)57)59-49-21-19-32-12-6-8-14-36(32)53(41)49/h3-27H,1H2,2H3/b16-4-. The van der Waals surface area contributed by atoms with Gasteiger partial charge in [-0.1, -0.05) is 97.6 Å². The number of furan rings is 2. The molecule has 0 saturated heterocycles. The maximum Gasteiger partial charge on any atom is 0.137 e. The highest BCUT2D eigenvalue weighted by atomic mass is 16.3. The highest BCUT2D eigenvalue weighted by Gasteiger charge is 2.24. The molecule has 59 heavy (non-hydrogen) atoms. The Morgan fingerprint density at radius 3 is 1.63 bits per heavy atom. The van der Waals surface area contributed by atoms with Crippen LogP contribution in [0.5, 0.6) is 0 Å². The van der Waals surface area contributed by atoms with E-state index in [1.807, 2.05) is 54.6 Å². The van der Waals surface area contributed by atoms with E-state index in [1.54, 1.807) is 6.08 Å². The van der Waals surface area contributed by atoms with E-state index in [0.717, 1.165) is 109 Å². The van der Waals surface area contributed by atoms with Gasteiger partial charge in [0.15, 0.2) is 0 Å². The Kier molecular flexibility index (Phi) is 6.74. The third-order valence-electron chi connectivity index (χ3n) is 12.1. The van der Waals surface area contributed by atoms with E-state index in [2.05, 4.69) is 126 Å². The van der Waals surface area contributed by atoms with Crippen molar-refractivity contribution in [3.63, 3.8) is 0 Å². The van der Waals surface area contributed by atoms with Crippen LogP contribution in [-0.2, 0) is 0 Å². The van der Waals surface area contributed by atoms with Crippen LogP contribution in [0.2, 0.25) is 0 Å². The van der Waals surface area contributed by atoms with Crippen LogP contribution in [0.25, 0.3) is 116 Å². The number of aryl methyl sites for hydroxylation is 1. The fourth-order valence-electron chi connectivity index (χ4n) is 9.51. The van der Waals surface area contributed by atoms with Gasteiger partial charge in [0.1, 0.15) is 34.5 Å². The summed E-state index contributed by atoms with van der Waals surface area (Å²) in [6.45, 7) is 6.04. The van der Waals surface area contributed by atoms with E-state index in [-0.39, 0.29) is 0 Å². The van der Waals surface area contributed by atoms with Gasteiger partial charge in [-0.05, 0) is 82.6 Å². The molecule has 12 rings (SSSR count). The molecule has 274 valence electrons. The summed E-state index contributed by atoms with van der Waals surface area (Å²) in [7, 11) is 0. The second-order valence-corrected chi connectivity index (χ2v) is 15.2. The van der Waals surface area contributed by atoms with Gasteiger partial charge in [0.2, 0.25) is 0 Å². The Balaban J connectivity index is 1.13. The van der Waals surface area contributed by atoms with Crippen LogP contribution in [0.15, 0.2) is 161 Å². The average Bonchev–Trinajstić information content (AvgIpc) is 4.00. The molecule has 0 amide bonds. The predicted molar refractivity (Wildman–Crippen MR) is 241 cm³/mol. The minimum Gasteiger partial charge on any atom is -0.456 e. The predicted octanol–water partition coefficient (Wildman–Crippen LogP) is 14.1. The fraction of sp³-hybridized carbons (Fsp3) is 0.0189. The molecule has 12 aromatic rings. The third-order valence-corrected chi connectivity index (χ3v) is 12.1. The van der Waals surface area contributed by atoms with Crippen LogP contribution >= 0.6 is 0 Å². The van der Waals surface area contributed by atoms with Crippen LogP contribution < -0.4 is 0 Å². The topological polar surface area (TPSA) is 83.7 Å². The average molecular weight is 755 g/mol. The molecule has 0 N–H and O–H groups in total. The maximum atomic E-state index is 11.0. The van der Waals surface area contributed by atoms with Crippen molar-refractivity contribution in [2.75, 3.05) is 0 Å². The lowest BCUT2D eigenvalue weighted by Crippen LogP contribution is -2.05. The van der Waals surface area contributed by atoms with E-state index >= 15 is 0 Å². The van der Waals surface area contributed by atoms with Crippen molar-refractivity contribution in [2.24, 2.45) is 0 Å². The molecule has 0 atom stereocenters. The molecule has 0 aliphatic heterocycles. The molecule has 6 nitrogen and oxygen atoms in total. The number of para-hydroxylation sites is 1. The van der Waals surface area contributed by atoms with Gasteiger partial charge in [0.25, 0.3) is 0 Å². The summed E-state index contributed by atoms with van der Waals surface area (Å²) < 4.78 is 17.2. The van der Waals surface area contributed by atoms with Crippen LogP contribution in [0.1, 0.15) is 22.4 Å². The van der Waals surface area contributed by atoms with Crippen LogP contribution in [0.3, 0.4) is 0 Å². The number of fused-ring (bicyclic) bond motifs is 14. The van der Waals surface area contributed by atoms with Crippen molar-refractivity contribution >= 4 is 104 Å². The highest BCUT2D eigenvalue weighted by molar-refractivity contribution is 6.24. The quantitative estimate of drug-likeness (QED) is 0.167. The number of hydrogen-bond acceptors (Lipinski definition) is 4. The van der Waals surface area contributed by atoms with Crippen molar-refractivity contribution in [1.29, 1.82) is 10.5 Å². The zero-order chi connectivity index (χ0) is 39.5. The second kappa shape index (κ2) is 12.1. The van der Waals surface area contributed by atoms with E-state index in [9.17, 15) is 10.5 Å². The van der Waals surface area contributed by atoms with Crippen LogP contribution in [0.4, 0.5) is 0 Å². The van der Waals surface area contributed by atoms with E-state index in [1.165, 1.54) is 0 Å². The summed E-state index contributed by atoms with van der Waals surface area (Å²) in [5.74, 6) is 0. The number of hydrogen-bond donors (Lipinski definition) is 0. The summed E-state index contributed by atoms with van der Waals surface area (Å²) in [6, 6.07) is 50.5. The Morgan fingerprint density at radius 1 is 0.508 bits per heavy atom. The van der Waals surface area contributed by atoms with Crippen molar-refractivity contribution in [2.45, 2.75) is 6.92 Å². The minimum absolute atomic E-state index is 0.419. The lowest BCUT2D eigenvalue weighted by molar-refractivity contribution is 0.669. The molecule has 0 aliphatic carbocycles. The molecule has 0 fully saturated rings. The second-order valence-electron chi connectivity index (χ2n) is 15.2. The molecule has 0 radical (unpaired) electrons. The first-order valence-corrected chi connectivity index (χ1v) is 19.5. The fourth-order valence-corrected chi connectivity index (χ4v) is 9.51. The van der Waals surface area contributed by atoms with Gasteiger partial charge in [-0.25, -0.2) is 0 Å². The summed E-state index contributed by atoms with van der Waals surface area (Å²) in [5, 5.41) is 33.8. The molecule has 4 aromatic heterocycles. The molecular formula is C53H30N4O2. The van der Waals surface area contributed by atoms with Gasteiger partial charge in [-0.3, -0.25) is 0 Å². The molecular weight excluding hydrogens is 725 g/mol. The number of nitriles is 2. The first-order chi connectivity index (χ1) is 29.0. The van der Waals surface area contributed by atoms with Crippen molar-refractivity contribution in [3.05, 3.63) is 175 Å². The number of allylic oxidation sites excluding steroid dienone is 2. The van der Waals surface area contributed by atoms with E-state index < -0.39 is 0 Å². The molecule has 8 aromatic carbocycles. The zero-order valence-electron chi connectivity index (χ0n) is 31.7. The number of benzene rings is 8. The maximum absolute atomic E-state index is 11.0. The summed E-state index contributed by atoms with van der Waals surface area (Å²) in [6.07, 6.45) is 5.65. The smallest absolute Gasteiger partial charge is 0.137 e. The monoisotopic (exact) mass is 754 g/mol. The molecule has 4 heterocycles. The molecule has 0 unspecified atom stereocenters. The SMILES string of the molecule is C=C/C=C\c1c(C)c2cc3c(cc2n1-c1cc(C#N)c(-n2c4ccccc4c4cc5c(cc42)oc2ccc4ccccc4c25)cc1C#N)oc1ccc2ccccc2c13. The molecule has 0 saturated carbocycles. The van der Waals surface area contributed by atoms with Gasteiger partial charge >= 0.3 is 0 Å². The van der Waals surface area contributed by atoms with E-state index in [0.29, 0.717) is 22.5 Å². The van der Waals surface area contributed by atoms with Gasteiger partial charge in [-0.2, -0.15) is 10.5 Å². The van der Waals surface area contributed by atoms with Crippen molar-refractivity contribution in [1.82, 2.24) is 9.13 Å². The van der Waals surface area contributed by atoms with Gasteiger partial charge in [0, 0.05) is 55.5 Å². The van der Waals surface area contributed by atoms with Crippen molar-refractivity contribution in [3.8, 4) is 23.5 Å². The van der Waals surface area contributed by atoms with Crippen LogP contribution in [0, 0.1) is 29.6 Å². The van der Waals surface area contributed by atoms with Crippen LogP contribution in [-0.4, -0.2) is 9.13 Å². The lowest BCUT2D eigenvalue weighted by atomic mass is 10.0. The largest absolute Gasteiger partial charge is 0.456 e. The Hall–Kier alpha value is -8.32. The molecule has 0 spiro atoms. The Morgan fingerprint density at radius 2 is 1.03 bits per heavy atom. The number of aromatic nitrogens is 2. The van der Waals surface area contributed by atoms with Gasteiger partial charge in [0.05, 0.1) is 39.1 Å². The van der Waals surface area contributed by atoms with E-state index in [4.69, 9.17) is 8.83 Å². The normalized spacial score (nSPS) is 12.1. The minimum atomic E-state index is 0.419. The number of rotatable bonds is 4. The Labute approximate surface area is 336 Å². The first kappa shape index (κ1) is 32.9. The summed E-state index contributed by atoms with van der Waals surface area (Å²) in [4.78, 5) is 0. The summed E-state index contributed by atoms with van der Waals surface area (Å²) in [5.41, 5.74) is 9.77. The lowest BCUT2D eigenvalue weighted by Gasteiger charge is -2.16. The zero-order valence-corrected chi connectivity index (χ0v) is 31.7. The molecule has 6 heteroatoms. The molecule has 0 bridgehead atoms.